The highest BCUT2D eigenvalue weighted by Gasteiger charge is 2.34. The molecule has 0 bridgehead atoms. The van der Waals surface area contributed by atoms with Gasteiger partial charge in [-0.1, -0.05) is 31.4 Å². The molecule has 1 aliphatic carbocycles. The molecule has 2 fully saturated rings. The van der Waals surface area contributed by atoms with Crippen LogP contribution in [0.4, 0.5) is 0 Å². The third kappa shape index (κ3) is 4.22. The maximum absolute atomic E-state index is 12.4. The van der Waals surface area contributed by atoms with Crippen molar-refractivity contribution in [2.75, 3.05) is 19.6 Å². The van der Waals surface area contributed by atoms with Crippen molar-refractivity contribution >= 4 is 17.7 Å². The van der Waals surface area contributed by atoms with Crippen molar-refractivity contribution in [3.63, 3.8) is 0 Å². The van der Waals surface area contributed by atoms with Gasteiger partial charge in [-0.2, -0.15) is 0 Å². The number of carbonyl (C=O) groups is 3. The Kier molecular flexibility index (Phi) is 5.56. The first-order chi connectivity index (χ1) is 12.5. The lowest BCUT2D eigenvalue weighted by Crippen LogP contribution is -2.54. The van der Waals surface area contributed by atoms with Gasteiger partial charge in [-0.3, -0.25) is 14.4 Å². The van der Waals surface area contributed by atoms with Gasteiger partial charge in [0.1, 0.15) is 0 Å². The van der Waals surface area contributed by atoms with Crippen LogP contribution in [0.25, 0.3) is 0 Å². The molecule has 140 valence electrons. The van der Waals surface area contributed by atoms with Crippen molar-refractivity contribution in [1.82, 2.24) is 15.5 Å². The molecule has 26 heavy (non-hydrogen) atoms. The molecule has 3 amide bonds. The minimum Gasteiger partial charge on any atom is -0.353 e. The number of benzene rings is 1. The smallest absolute Gasteiger partial charge is 0.254 e. The van der Waals surface area contributed by atoms with Crippen LogP contribution in [-0.2, 0) is 16.1 Å². The van der Waals surface area contributed by atoms with Crippen LogP contribution < -0.4 is 16.4 Å². The number of nitrogens with one attached hydrogen (secondary N) is 2. The molecule has 1 saturated carbocycles. The summed E-state index contributed by atoms with van der Waals surface area (Å²) >= 11 is 0. The van der Waals surface area contributed by atoms with E-state index in [1.807, 2.05) is 12.1 Å². The van der Waals surface area contributed by atoms with Crippen LogP contribution in [0.3, 0.4) is 0 Å². The van der Waals surface area contributed by atoms with Crippen molar-refractivity contribution in [2.45, 2.75) is 44.2 Å². The summed E-state index contributed by atoms with van der Waals surface area (Å²) < 4.78 is 0. The zero-order valence-electron chi connectivity index (χ0n) is 14.9. The van der Waals surface area contributed by atoms with Crippen molar-refractivity contribution in [3.05, 3.63) is 35.4 Å². The second kappa shape index (κ2) is 7.86. The normalized spacial score (nSPS) is 19.6. The molecule has 4 N–H and O–H groups in total. The van der Waals surface area contributed by atoms with E-state index in [1.165, 1.54) is 4.90 Å². The van der Waals surface area contributed by atoms with Gasteiger partial charge in [-0.15, -0.1) is 0 Å². The molecule has 7 heteroatoms. The van der Waals surface area contributed by atoms with Crippen LogP contribution in [-0.4, -0.2) is 47.8 Å². The number of rotatable bonds is 4. The number of nitrogens with zero attached hydrogens (tertiary/aromatic N) is 1. The van der Waals surface area contributed by atoms with Crippen LogP contribution in [0.5, 0.6) is 0 Å². The van der Waals surface area contributed by atoms with Crippen molar-refractivity contribution in [2.24, 2.45) is 5.73 Å². The van der Waals surface area contributed by atoms with E-state index in [4.69, 9.17) is 5.73 Å². The van der Waals surface area contributed by atoms with Gasteiger partial charge in [0.25, 0.3) is 5.91 Å². The van der Waals surface area contributed by atoms with Crippen molar-refractivity contribution in [3.8, 4) is 0 Å². The number of nitrogens with two attached hydrogens (primary N) is 1. The predicted molar refractivity (Wildman–Crippen MR) is 97.2 cm³/mol. The number of amides is 3. The first-order valence-electron chi connectivity index (χ1n) is 9.20. The molecule has 0 aromatic heterocycles. The second-order valence-corrected chi connectivity index (χ2v) is 7.17. The van der Waals surface area contributed by atoms with Crippen LogP contribution in [0, 0.1) is 0 Å². The maximum Gasteiger partial charge on any atom is 0.254 e. The summed E-state index contributed by atoms with van der Waals surface area (Å²) in [7, 11) is 0. The summed E-state index contributed by atoms with van der Waals surface area (Å²) in [5.74, 6) is -0.391. The Bertz CT molecular complexity index is 681. The van der Waals surface area contributed by atoms with Gasteiger partial charge in [0.2, 0.25) is 11.8 Å². The van der Waals surface area contributed by atoms with E-state index in [1.54, 1.807) is 12.1 Å². The molecule has 0 spiro atoms. The number of piperazine rings is 1. The Morgan fingerprint density at radius 2 is 1.85 bits per heavy atom. The molecule has 7 nitrogen and oxygen atoms in total. The van der Waals surface area contributed by atoms with E-state index in [9.17, 15) is 14.4 Å². The average molecular weight is 358 g/mol. The second-order valence-electron chi connectivity index (χ2n) is 7.17. The van der Waals surface area contributed by atoms with Crippen molar-refractivity contribution < 1.29 is 14.4 Å². The summed E-state index contributed by atoms with van der Waals surface area (Å²) in [5.41, 5.74) is 6.93. The van der Waals surface area contributed by atoms with Gasteiger partial charge in [0.05, 0.1) is 12.1 Å². The monoisotopic (exact) mass is 358 g/mol. The standard InChI is InChI=1S/C19H26N4O3/c20-19(8-2-1-3-9-19)18(26)22-12-14-4-6-15(7-5-14)17(25)23-11-10-21-16(24)13-23/h4-7H,1-3,8-13,20H2,(H,21,24)(H,22,26). The Morgan fingerprint density at radius 1 is 1.15 bits per heavy atom. The fourth-order valence-electron chi connectivity index (χ4n) is 3.53. The molecule has 1 saturated heterocycles. The van der Waals surface area contributed by atoms with E-state index < -0.39 is 5.54 Å². The Morgan fingerprint density at radius 3 is 2.50 bits per heavy atom. The van der Waals surface area contributed by atoms with Gasteiger partial charge >= 0.3 is 0 Å². The van der Waals surface area contributed by atoms with Crippen LogP contribution >= 0.6 is 0 Å². The summed E-state index contributed by atoms with van der Waals surface area (Å²) in [6.45, 7) is 1.48. The van der Waals surface area contributed by atoms with E-state index in [0.717, 1.165) is 37.7 Å². The fourth-order valence-corrected chi connectivity index (χ4v) is 3.53. The molecule has 0 radical (unpaired) electrons. The lowest BCUT2D eigenvalue weighted by atomic mass is 9.82. The Labute approximate surface area is 153 Å². The number of hydrogen-bond acceptors (Lipinski definition) is 4. The van der Waals surface area contributed by atoms with Crippen LogP contribution in [0.2, 0.25) is 0 Å². The molecule has 1 aromatic carbocycles. The molecule has 2 aliphatic rings. The topological polar surface area (TPSA) is 105 Å². The minimum atomic E-state index is -0.747. The zero-order chi connectivity index (χ0) is 18.6. The molecule has 1 aromatic rings. The van der Waals surface area contributed by atoms with E-state index >= 15 is 0 Å². The highest BCUT2D eigenvalue weighted by atomic mass is 16.2. The first-order valence-corrected chi connectivity index (χ1v) is 9.20. The predicted octanol–water partition coefficient (Wildman–Crippen LogP) is 0.536. The molecule has 0 atom stereocenters. The fraction of sp³-hybridized carbons (Fsp3) is 0.526. The zero-order valence-corrected chi connectivity index (χ0v) is 14.9. The largest absolute Gasteiger partial charge is 0.353 e. The summed E-state index contributed by atoms with van der Waals surface area (Å²) in [5, 5.41) is 5.62. The summed E-state index contributed by atoms with van der Waals surface area (Å²) in [6.07, 6.45) is 4.59. The number of hydrogen-bond donors (Lipinski definition) is 3. The van der Waals surface area contributed by atoms with Gasteiger partial charge in [0, 0.05) is 25.2 Å². The third-order valence-corrected chi connectivity index (χ3v) is 5.18. The molecule has 1 aliphatic heterocycles. The SMILES string of the molecule is NC1(C(=O)NCc2ccc(C(=O)N3CCNC(=O)C3)cc2)CCCCC1. The molecule has 1 heterocycles. The molecular weight excluding hydrogens is 332 g/mol. The highest BCUT2D eigenvalue weighted by molar-refractivity contribution is 5.97. The summed E-state index contributed by atoms with van der Waals surface area (Å²) in [6, 6.07) is 7.10. The number of carbonyl (C=O) groups excluding carboxylic acids is 3. The van der Waals surface area contributed by atoms with Gasteiger partial charge < -0.3 is 21.3 Å². The lowest BCUT2D eigenvalue weighted by Gasteiger charge is -2.31. The highest BCUT2D eigenvalue weighted by Crippen LogP contribution is 2.26. The van der Waals surface area contributed by atoms with E-state index in [2.05, 4.69) is 10.6 Å². The van der Waals surface area contributed by atoms with Gasteiger partial charge in [-0.25, -0.2) is 0 Å². The maximum atomic E-state index is 12.4. The van der Waals surface area contributed by atoms with Crippen LogP contribution in [0.1, 0.15) is 48.0 Å². The molecule has 0 unspecified atom stereocenters. The molecular formula is C19H26N4O3. The Hall–Kier alpha value is -2.41. The average Bonchev–Trinajstić information content (AvgIpc) is 2.66. The minimum absolute atomic E-state index is 0.0925. The van der Waals surface area contributed by atoms with E-state index in [-0.39, 0.29) is 24.3 Å². The van der Waals surface area contributed by atoms with Gasteiger partial charge in [0.15, 0.2) is 0 Å². The lowest BCUT2D eigenvalue weighted by molar-refractivity contribution is -0.127. The molecule has 3 rings (SSSR count). The quantitative estimate of drug-likeness (QED) is 0.730. The Balaban J connectivity index is 1.55. The first kappa shape index (κ1) is 18.4. The van der Waals surface area contributed by atoms with Crippen molar-refractivity contribution in [1.29, 1.82) is 0 Å². The van der Waals surface area contributed by atoms with E-state index in [0.29, 0.717) is 25.2 Å². The summed E-state index contributed by atoms with van der Waals surface area (Å²) in [4.78, 5) is 37.8. The third-order valence-electron chi connectivity index (χ3n) is 5.18. The van der Waals surface area contributed by atoms with Gasteiger partial charge in [-0.05, 0) is 30.5 Å². The van der Waals surface area contributed by atoms with Crippen LogP contribution in [0.15, 0.2) is 24.3 Å².